The Hall–Kier alpha value is -3.67. The summed E-state index contributed by atoms with van der Waals surface area (Å²) >= 11 is 0. The summed E-state index contributed by atoms with van der Waals surface area (Å²) in [6.07, 6.45) is 3.47. The summed E-state index contributed by atoms with van der Waals surface area (Å²) in [5.74, 6) is 1.20. The van der Waals surface area contributed by atoms with Crippen molar-refractivity contribution in [2.24, 2.45) is 0 Å². The lowest BCUT2D eigenvalue weighted by Crippen LogP contribution is -2.26. The van der Waals surface area contributed by atoms with Gasteiger partial charge in [0.2, 0.25) is 0 Å². The van der Waals surface area contributed by atoms with Gasteiger partial charge in [-0.25, -0.2) is 4.68 Å². The zero-order chi connectivity index (χ0) is 19.5. The molecule has 0 unspecified atom stereocenters. The molecule has 0 atom stereocenters. The van der Waals surface area contributed by atoms with Crippen LogP contribution in [0.4, 0.5) is 0 Å². The molecule has 0 spiro atoms. The van der Waals surface area contributed by atoms with Crippen molar-refractivity contribution in [1.82, 2.24) is 19.7 Å². The van der Waals surface area contributed by atoms with Crippen molar-refractivity contribution in [3.05, 3.63) is 90.1 Å². The second-order valence-electron chi connectivity index (χ2n) is 6.56. The zero-order valence-electron chi connectivity index (χ0n) is 15.7. The highest BCUT2D eigenvalue weighted by atomic mass is 16.3. The number of carbonyl (C=O) groups is 1. The van der Waals surface area contributed by atoms with E-state index in [0.717, 1.165) is 17.1 Å². The van der Waals surface area contributed by atoms with Gasteiger partial charge >= 0.3 is 0 Å². The summed E-state index contributed by atoms with van der Waals surface area (Å²) in [5.41, 5.74) is 2.70. The third-order valence-corrected chi connectivity index (χ3v) is 4.41. The van der Waals surface area contributed by atoms with Gasteiger partial charge < -0.3 is 9.32 Å². The molecular weight excluding hydrogens is 352 g/mol. The number of para-hydroxylation sites is 1. The number of hydrogen-bond donors (Lipinski definition) is 0. The van der Waals surface area contributed by atoms with E-state index in [4.69, 9.17) is 4.42 Å². The Morgan fingerprint density at radius 2 is 1.86 bits per heavy atom. The highest BCUT2D eigenvalue weighted by molar-refractivity contribution is 5.99. The van der Waals surface area contributed by atoms with Gasteiger partial charge in [-0.2, -0.15) is 5.10 Å². The predicted molar refractivity (Wildman–Crippen MR) is 106 cm³/mol. The molecule has 0 aliphatic heterocycles. The SMILES string of the molecule is Cc1ccc(-c2nn(-c3ccccc3)cc2C(=O)N(C)Cc2ccccn2)o1. The molecule has 4 aromatic rings. The average Bonchev–Trinajstić information content (AvgIpc) is 3.35. The van der Waals surface area contributed by atoms with Crippen LogP contribution in [0.25, 0.3) is 17.1 Å². The number of nitrogens with zero attached hydrogens (tertiary/aromatic N) is 4. The fourth-order valence-electron chi connectivity index (χ4n) is 3.00. The molecule has 1 amide bonds. The Morgan fingerprint density at radius 3 is 2.54 bits per heavy atom. The molecule has 0 fully saturated rings. The van der Waals surface area contributed by atoms with Crippen LogP contribution in [-0.4, -0.2) is 32.6 Å². The fourth-order valence-corrected chi connectivity index (χ4v) is 3.00. The molecule has 6 nitrogen and oxygen atoms in total. The highest BCUT2D eigenvalue weighted by Crippen LogP contribution is 2.26. The third kappa shape index (κ3) is 3.57. The lowest BCUT2D eigenvalue weighted by molar-refractivity contribution is 0.0784. The average molecular weight is 372 g/mol. The molecule has 0 N–H and O–H groups in total. The van der Waals surface area contributed by atoms with Gasteiger partial charge in [-0.1, -0.05) is 24.3 Å². The van der Waals surface area contributed by atoms with E-state index in [1.54, 1.807) is 29.0 Å². The van der Waals surface area contributed by atoms with Gasteiger partial charge in [0.1, 0.15) is 11.5 Å². The van der Waals surface area contributed by atoms with E-state index in [1.807, 2.05) is 67.6 Å². The molecule has 140 valence electrons. The van der Waals surface area contributed by atoms with E-state index in [-0.39, 0.29) is 5.91 Å². The summed E-state index contributed by atoms with van der Waals surface area (Å²) in [5, 5.41) is 4.63. The molecule has 3 heterocycles. The highest BCUT2D eigenvalue weighted by Gasteiger charge is 2.23. The van der Waals surface area contributed by atoms with Gasteiger partial charge in [-0.15, -0.1) is 0 Å². The van der Waals surface area contributed by atoms with Crippen LogP contribution in [0, 0.1) is 6.92 Å². The number of rotatable bonds is 5. The molecule has 28 heavy (non-hydrogen) atoms. The van der Waals surface area contributed by atoms with E-state index in [9.17, 15) is 4.79 Å². The van der Waals surface area contributed by atoms with Gasteiger partial charge in [0, 0.05) is 19.4 Å². The van der Waals surface area contributed by atoms with Crippen molar-refractivity contribution in [2.45, 2.75) is 13.5 Å². The van der Waals surface area contributed by atoms with Crippen molar-refractivity contribution in [2.75, 3.05) is 7.05 Å². The number of carbonyl (C=O) groups excluding carboxylic acids is 1. The Bertz CT molecular complexity index is 1080. The first-order valence-corrected chi connectivity index (χ1v) is 8.99. The van der Waals surface area contributed by atoms with Gasteiger partial charge in [0.15, 0.2) is 5.76 Å². The first-order chi connectivity index (χ1) is 13.6. The first kappa shape index (κ1) is 17.7. The Labute approximate surface area is 163 Å². The second kappa shape index (κ2) is 7.52. The van der Waals surface area contributed by atoms with Gasteiger partial charge in [0.25, 0.3) is 5.91 Å². The maximum Gasteiger partial charge on any atom is 0.257 e. The summed E-state index contributed by atoms with van der Waals surface area (Å²) in [6.45, 7) is 2.28. The van der Waals surface area contributed by atoms with E-state index in [0.29, 0.717) is 23.6 Å². The number of pyridine rings is 1. The minimum atomic E-state index is -0.142. The largest absolute Gasteiger partial charge is 0.460 e. The minimum Gasteiger partial charge on any atom is -0.460 e. The molecule has 0 bridgehead atoms. The van der Waals surface area contributed by atoms with Crippen LogP contribution < -0.4 is 0 Å². The molecule has 1 aromatic carbocycles. The van der Waals surface area contributed by atoms with Crippen molar-refractivity contribution < 1.29 is 9.21 Å². The Kier molecular flexibility index (Phi) is 4.76. The van der Waals surface area contributed by atoms with Gasteiger partial charge in [-0.3, -0.25) is 9.78 Å². The summed E-state index contributed by atoms with van der Waals surface area (Å²) in [4.78, 5) is 19.1. The molecule has 3 aromatic heterocycles. The monoisotopic (exact) mass is 372 g/mol. The standard InChI is InChI=1S/C22H20N4O2/c1-16-11-12-20(28-16)21-19(15-26(24-21)18-9-4-3-5-10-18)22(27)25(2)14-17-8-6-7-13-23-17/h3-13,15H,14H2,1-2H3. The Morgan fingerprint density at radius 1 is 1.07 bits per heavy atom. The molecular formula is C22H20N4O2. The minimum absolute atomic E-state index is 0.142. The van der Waals surface area contributed by atoms with Crippen molar-refractivity contribution >= 4 is 5.91 Å². The van der Waals surface area contributed by atoms with Crippen LogP contribution in [0.2, 0.25) is 0 Å². The van der Waals surface area contributed by atoms with Crippen molar-refractivity contribution in [1.29, 1.82) is 0 Å². The summed E-state index contributed by atoms with van der Waals surface area (Å²) < 4.78 is 7.45. The lowest BCUT2D eigenvalue weighted by Gasteiger charge is -2.16. The van der Waals surface area contributed by atoms with Crippen molar-refractivity contribution in [3.63, 3.8) is 0 Å². The first-order valence-electron chi connectivity index (χ1n) is 8.99. The molecule has 0 saturated carbocycles. The van der Waals surface area contributed by atoms with Crippen LogP contribution in [-0.2, 0) is 6.54 Å². The maximum absolute atomic E-state index is 13.2. The molecule has 4 rings (SSSR count). The molecule has 0 aliphatic carbocycles. The maximum atomic E-state index is 13.2. The predicted octanol–water partition coefficient (Wildman–Crippen LogP) is 4.11. The van der Waals surface area contributed by atoms with E-state index < -0.39 is 0 Å². The van der Waals surface area contributed by atoms with E-state index in [2.05, 4.69) is 10.1 Å². The number of amides is 1. The van der Waals surface area contributed by atoms with E-state index in [1.165, 1.54) is 0 Å². The van der Waals surface area contributed by atoms with Crippen LogP contribution in [0.1, 0.15) is 21.8 Å². The molecule has 6 heteroatoms. The fraction of sp³-hybridized carbons (Fsp3) is 0.136. The molecule has 0 aliphatic rings. The summed E-state index contributed by atoms with van der Waals surface area (Å²) in [6, 6.07) is 19.0. The smallest absolute Gasteiger partial charge is 0.257 e. The second-order valence-corrected chi connectivity index (χ2v) is 6.56. The third-order valence-electron chi connectivity index (χ3n) is 4.41. The van der Waals surface area contributed by atoms with Crippen LogP contribution in [0.15, 0.2) is 77.5 Å². The Balaban J connectivity index is 1.72. The van der Waals surface area contributed by atoms with Crippen molar-refractivity contribution in [3.8, 4) is 17.1 Å². The number of aromatic nitrogens is 3. The van der Waals surface area contributed by atoms with Gasteiger partial charge in [-0.05, 0) is 43.3 Å². The zero-order valence-corrected chi connectivity index (χ0v) is 15.7. The topological polar surface area (TPSA) is 64.2 Å². The number of benzene rings is 1. The normalized spacial score (nSPS) is 10.8. The van der Waals surface area contributed by atoms with Crippen LogP contribution >= 0.6 is 0 Å². The van der Waals surface area contributed by atoms with Crippen LogP contribution in [0.5, 0.6) is 0 Å². The quantitative estimate of drug-likeness (QED) is 0.529. The van der Waals surface area contributed by atoms with E-state index >= 15 is 0 Å². The lowest BCUT2D eigenvalue weighted by atomic mass is 10.2. The summed E-state index contributed by atoms with van der Waals surface area (Å²) in [7, 11) is 1.76. The molecule has 0 saturated heterocycles. The number of hydrogen-bond acceptors (Lipinski definition) is 4. The molecule has 0 radical (unpaired) electrons. The van der Waals surface area contributed by atoms with Gasteiger partial charge in [0.05, 0.1) is 23.5 Å². The van der Waals surface area contributed by atoms with Crippen LogP contribution in [0.3, 0.4) is 0 Å². The number of furan rings is 1. The number of aryl methyl sites for hydroxylation is 1.